The van der Waals surface area contributed by atoms with Crippen LogP contribution >= 0.6 is 12.2 Å². The van der Waals surface area contributed by atoms with Crippen molar-refractivity contribution < 1.29 is 14.4 Å². The zero-order valence-corrected chi connectivity index (χ0v) is 15.9. The third-order valence-corrected chi connectivity index (χ3v) is 4.33. The van der Waals surface area contributed by atoms with E-state index in [1.54, 1.807) is 0 Å². The minimum absolute atomic E-state index is 0.113. The van der Waals surface area contributed by atoms with Gasteiger partial charge in [0.1, 0.15) is 5.75 Å². The summed E-state index contributed by atoms with van der Waals surface area (Å²) in [5.74, 6) is 1.43. The van der Waals surface area contributed by atoms with Gasteiger partial charge < -0.3 is 9.47 Å². The van der Waals surface area contributed by atoms with Crippen LogP contribution in [0.2, 0.25) is 0 Å². The van der Waals surface area contributed by atoms with Gasteiger partial charge in [0.05, 0.1) is 25.4 Å². The summed E-state index contributed by atoms with van der Waals surface area (Å²) in [6.45, 7) is 4.13. The van der Waals surface area contributed by atoms with Crippen LogP contribution < -0.4 is 9.47 Å². The van der Waals surface area contributed by atoms with Crippen molar-refractivity contribution in [1.29, 1.82) is 0 Å². The SMILES string of the molecule is CCC(CC)c1n[nH]c(=S)n1/N=C\c1cc([N+](=O)[O-])c(OC)cc1OC. The zero-order chi connectivity index (χ0) is 19.3. The molecule has 1 N–H and O–H groups in total. The summed E-state index contributed by atoms with van der Waals surface area (Å²) in [7, 11) is 2.83. The molecule has 1 aromatic carbocycles. The van der Waals surface area contributed by atoms with Gasteiger partial charge in [-0.15, -0.1) is 0 Å². The summed E-state index contributed by atoms with van der Waals surface area (Å²) >= 11 is 5.24. The largest absolute Gasteiger partial charge is 0.496 e. The van der Waals surface area contributed by atoms with E-state index in [0.717, 1.165) is 18.7 Å². The molecule has 0 amide bonds. The average Bonchev–Trinajstić information content (AvgIpc) is 3.00. The van der Waals surface area contributed by atoms with Crippen LogP contribution in [0, 0.1) is 14.9 Å². The molecule has 0 saturated carbocycles. The molecule has 0 fully saturated rings. The molecule has 0 saturated heterocycles. The Morgan fingerprint density at radius 2 is 2.00 bits per heavy atom. The maximum absolute atomic E-state index is 11.2. The van der Waals surface area contributed by atoms with Gasteiger partial charge in [-0.3, -0.25) is 15.2 Å². The number of aromatic amines is 1. The fourth-order valence-corrected chi connectivity index (χ4v) is 2.79. The summed E-state index contributed by atoms with van der Waals surface area (Å²) in [6.07, 6.45) is 3.24. The number of benzene rings is 1. The lowest BCUT2D eigenvalue weighted by atomic mass is 10.0. The van der Waals surface area contributed by atoms with Crippen LogP contribution in [0.4, 0.5) is 5.69 Å². The van der Waals surface area contributed by atoms with Crippen molar-refractivity contribution in [2.75, 3.05) is 14.2 Å². The highest BCUT2D eigenvalue weighted by Gasteiger charge is 2.19. The first-order valence-electron chi connectivity index (χ1n) is 8.08. The molecule has 9 nitrogen and oxygen atoms in total. The van der Waals surface area contributed by atoms with Gasteiger partial charge in [-0.2, -0.15) is 14.9 Å². The molecule has 2 rings (SSSR count). The van der Waals surface area contributed by atoms with E-state index in [1.807, 2.05) is 0 Å². The molecule has 0 radical (unpaired) electrons. The lowest BCUT2D eigenvalue weighted by Gasteiger charge is -2.11. The number of rotatable bonds is 8. The lowest BCUT2D eigenvalue weighted by Crippen LogP contribution is -2.05. The number of methoxy groups -OCH3 is 2. The molecule has 0 bridgehead atoms. The zero-order valence-electron chi connectivity index (χ0n) is 15.1. The van der Waals surface area contributed by atoms with Gasteiger partial charge in [-0.05, 0) is 25.1 Å². The van der Waals surface area contributed by atoms with Crippen LogP contribution in [0.3, 0.4) is 0 Å². The normalized spacial score (nSPS) is 11.3. The average molecular weight is 379 g/mol. The quantitative estimate of drug-likeness (QED) is 0.325. The van der Waals surface area contributed by atoms with E-state index >= 15 is 0 Å². The Bertz CT molecular complexity index is 870. The predicted molar refractivity (Wildman–Crippen MR) is 99.9 cm³/mol. The maximum Gasteiger partial charge on any atom is 0.311 e. The summed E-state index contributed by atoms with van der Waals surface area (Å²) in [6, 6.07) is 2.80. The van der Waals surface area contributed by atoms with Crippen LogP contribution in [0.15, 0.2) is 17.2 Å². The number of hydrogen-bond acceptors (Lipinski definition) is 7. The molecule has 0 unspecified atom stereocenters. The first-order chi connectivity index (χ1) is 12.5. The predicted octanol–water partition coefficient (Wildman–Crippen LogP) is 3.65. The molecule has 10 heteroatoms. The second kappa shape index (κ2) is 8.56. The van der Waals surface area contributed by atoms with E-state index in [1.165, 1.54) is 37.2 Å². The first-order valence-corrected chi connectivity index (χ1v) is 8.49. The molecule has 0 aliphatic rings. The third kappa shape index (κ3) is 3.90. The minimum atomic E-state index is -0.519. The molecular formula is C16H21N5O4S. The minimum Gasteiger partial charge on any atom is -0.496 e. The third-order valence-electron chi connectivity index (χ3n) is 4.07. The number of nitro benzene ring substituents is 1. The Hall–Kier alpha value is -2.75. The molecule has 1 heterocycles. The lowest BCUT2D eigenvalue weighted by molar-refractivity contribution is -0.385. The summed E-state index contributed by atoms with van der Waals surface area (Å²) in [5, 5.41) is 22.6. The molecule has 140 valence electrons. The highest BCUT2D eigenvalue weighted by Crippen LogP contribution is 2.33. The van der Waals surface area contributed by atoms with Crippen molar-refractivity contribution in [3.63, 3.8) is 0 Å². The van der Waals surface area contributed by atoms with Crippen LogP contribution in [0.1, 0.15) is 44.0 Å². The van der Waals surface area contributed by atoms with Gasteiger partial charge in [0.2, 0.25) is 10.5 Å². The van der Waals surface area contributed by atoms with E-state index in [9.17, 15) is 10.1 Å². The maximum atomic E-state index is 11.2. The summed E-state index contributed by atoms with van der Waals surface area (Å²) in [5.41, 5.74) is 0.254. The van der Waals surface area contributed by atoms with Gasteiger partial charge in [-0.25, -0.2) is 0 Å². The monoisotopic (exact) mass is 379 g/mol. The van der Waals surface area contributed by atoms with Crippen molar-refractivity contribution in [2.45, 2.75) is 32.6 Å². The molecule has 26 heavy (non-hydrogen) atoms. The molecule has 2 aromatic rings. The Balaban J connectivity index is 2.52. The standard InChI is InChI=1S/C16H21N5O4S/c1-5-10(6-2)15-18-19-16(26)20(15)17-9-11-7-12(21(22)23)14(25-4)8-13(11)24-3/h7-10H,5-6H2,1-4H3,(H,19,26)/b17-9-. The molecule has 1 aromatic heterocycles. The number of nitro groups is 1. The van der Waals surface area contributed by atoms with E-state index < -0.39 is 4.92 Å². The second-order valence-electron chi connectivity index (χ2n) is 5.48. The van der Waals surface area contributed by atoms with Crippen molar-refractivity contribution >= 4 is 24.1 Å². The number of H-pyrrole nitrogens is 1. The van der Waals surface area contributed by atoms with E-state index in [0.29, 0.717) is 16.1 Å². The summed E-state index contributed by atoms with van der Waals surface area (Å²) < 4.78 is 12.2. The molecule has 0 spiro atoms. The summed E-state index contributed by atoms with van der Waals surface area (Å²) in [4.78, 5) is 10.7. The first kappa shape index (κ1) is 19.6. The Kier molecular flexibility index (Phi) is 6.45. The number of nitrogens with zero attached hydrogens (tertiary/aromatic N) is 4. The van der Waals surface area contributed by atoms with Crippen LogP contribution in [-0.2, 0) is 0 Å². The van der Waals surface area contributed by atoms with Gasteiger partial charge in [0, 0.05) is 23.6 Å². The highest BCUT2D eigenvalue weighted by molar-refractivity contribution is 7.71. The Morgan fingerprint density at radius 1 is 1.35 bits per heavy atom. The van der Waals surface area contributed by atoms with Gasteiger partial charge in [0.15, 0.2) is 5.82 Å². The van der Waals surface area contributed by atoms with E-state index in [-0.39, 0.29) is 17.4 Å². The number of aromatic nitrogens is 3. The van der Waals surface area contributed by atoms with Gasteiger partial charge in [0.25, 0.3) is 0 Å². The molecular weight excluding hydrogens is 358 g/mol. The topological polar surface area (TPSA) is 108 Å². The van der Waals surface area contributed by atoms with Gasteiger partial charge in [-0.1, -0.05) is 13.8 Å². The highest BCUT2D eigenvalue weighted by atomic mass is 32.1. The van der Waals surface area contributed by atoms with Gasteiger partial charge >= 0.3 is 5.69 Å². The Labute approximate surface area is 155 Å². The van der Waals surface area contributed by atoms with E-state index in [2.05, 4.69) is 29.1 Å². The van der Waals surface area contributed by atoms with Crippen LogP contribution in [0.5, 0.6) is 11.5 Å². The van der Waals surface area contributed by atoms with Crippen molar-refractivity contribution in [2.24, 2.45) is 5.10 Å². The van der Waals surface area contributed by atoms with E-state index in [4.69, 9.17) is 21.7 Å². The molecule has 0 aliphatic heterocycles. The van der Waals surface area contributed by atoms with Crippen molar-refractivity contribution in [3.8, 4) is 11.5 Å². The molecule has 0 aliphatic carbocycles. The smallest absolute Gasteiger partial charge is 0.311 e. The van der Waals surface area contributed by atoms with Crippen LogP contribution in [-0.4, -0.2) is 40.2 Å². The Morgan fingerprint density at radius 3 is 2.54 bits per heavy atom. The fraction of sp³-hybridized carbons (Fsp3) is 0.438. The fourth-order valence-electron chi connectivity index (χ4n) is 2.60. The number of nitrogens with one attached hydrogen (secondary N) is 1. The second-order valence-corrected chi connectivity index (χ2v) is 5.87. The number of ether oxygens (including phenoxy) is 2. The number of hydrogen-bond donors (Lipinski definition) is 1. The van der Waals surface area contributed by atoms with Crippen molar-refractivity contribution in [3.05, 3.63) is 38.4 Å². The molecule has 0 atom stereocenters. The van der Waals surface area contributed by atoms with Crippen LogP contribution in [0.25, 0.3) is 0 Å². The van der Waals surface area contributed by atoms with Crippen molar-refractivity contribution in [1.82, 2.24) is 14.9 Å².